The Bertz CT molecular complexity index is 1430. The largest absolute Gasteiger partial charge is 0.364 e. The maximum Gasteiger partial charge on any atom is 0.272 e. The molecule has 0 unspecified atom stereocenters. The first-order valence-electron chi connectivity index (χ1n) is 10.8. The number of H-pyrrole nitrogens is 1. The fraction of sp³-hybridized carbons (Fsp3) is 0.208. The van der Waals surface area contributed by atoms with Crippen LogP contribution < -0.4 is 10.9 Å². The molecule has 5 rings (SSSR count). The molecule has 2 aromatic heterocycles. The van der Waals surface area contributed by atoms with Crippen molar-refractivity contribution in [2.75, 3.05) is 18.4 Å². The van der Waals surface area contributed by atoms with Crippen molar-refractivity contribution in [2.45, 2.75) is 18.9 Å². The number of aromatic amines is 1. The molecule has 1 saturated heterocycles. The molecule has 1 aliphatic heterocycles. The smallest absolute Gasteiger partial charge is 0.272 e. The van der Waals surface area contributed by atoms with Gasteiger partial charge in [-0.1, -0.05) is 35.9 Å². The van der Waals surface area contributed by atoms with E-state index in [1.54, 1.807) is 41.3 Å². The first kappa shape index (κ1) is 22.0. The van der Waals surface area contributed by atoms with Gasteiger partial charge in [0.15, 0.2) is 5.15 Å². The van der Waals surface area contributed by atoms with Gasteiger partial charge in [0, 0.05) is 30.9 Å². The fourth-order valence-electron chi connectivity index (χ4n) is 4.18. The van der Waals surface area contributed by atoms with Crippen LogP contribution in [0.25, 0.3) is 10.8 Å². The summed E-state index contributed by atoms with van der Waals surface area (Å²) in [5.74, 6) is -0.379. The van der Waals surface area contributed by atoms with E-state index in [1.807, 2.05) is 12.1 Å². The second-order valence-electron chi connectivity index (χ2n) is 8.16. The third-order valence-electron chi connectivity index (χ3n) is 5.87. The van der Waals surface area contributed by atoms with Crippen molar-refractivity contribution in [3.8, 4) is 0 Å². The number of nitrogens with zero attached hydrogens (tertiary/aromatic N) is 4. The van der Waals surface area contributed by atoms with E-state index in [0.29, 0.717) is 48.0 Å². The molecule has 1 amide bonds. The highest BCUT2D eigenvalue weighted by Gasteiger charge is 2.29. The summed E-state index contributed by atoms with van der Waals surface area (Å²) in [5.41, 5.74) is 1.11. The molecule has 2 aromatic carbocycles. The summed E-state index contributed by atoms with van der Waals surface area (Å²) in [6.07, 6.45) is 1.04. The van der Waals surface area contributed by atoms with Crippen LogP contribution in [0.1, 0.15) is 28.0 Å². The van der Waals surface area contributed by atoms with Gasteiger partial charge in [-0.05, 0) is 42.3 Å². The van der Waals surface area contributed by atoms with E-state index in [-0.39, 0.29) is 23.1 Å². The highest BCUT2D eigenvalue weighted by Crippen LogP contribution is 2.22. The summed E-state index contributed by atoms with van der Waals surface area (Å²) in [4.78, 5) is 26.8. The van der Waals surface area contributed by atoms with E-state index in [0.717, 1.165) is 10.9 Å². The molecule has 0 aliphatic carbocycles. The quantitative estimate of drug-likeness (QED) is 0.455. The maximum atomic E-state index is 14.6. The first-order chi connectivity index (χ1) is 16.5. The van der Waals surface area contributed by atoms with Crippen molar-refractivity contribution in [2.24, 2.45) is 0 Å². The first-order valence-corrected chi connectivity index (χ1v) is 11.2. The monoisotopic (exact) mass is 478 g/mol. The van der Waals surface area contributed by atoms with Gasteiger partial charge in [-0.15, -0.1) is 10.2 Å². The SMILES string of the molecule is O=C(c1cc(Cc2n[nH]c(=O)c3ccccc23)ccc1F)N1CC[C@@H](Nc2ccc(Cl)nn2)C1. The van der Waals surface area contributed by atoms with Crippen LogP contribution in [-0.4, -0.2) is 50.3 Å². The van der Waals surface area contributed by atoms with Crippen LogP contribution in [0.4, 0.5) is 10.2 Å². The predicted octanol–water partition coefficient (Wildman–Crippen LogP) is 3.42. The van der Waals surface area contributed by atoms with Gasteiger partial charge in [0.25, 0.3) is 11.5 Å². The lowest BCUT2D eigenvalue weighted by Crippen LogP contribution is -2.32. The number of benzene rings is 2. The molecule has 34 heavy (non-hydrogen) atoms. The Morgan fingerprint density at radius 2 is 1.97 bits per heavy atom. The van der Waals surface area contributed by atoms with Crippen molar-refractivity contribution in [3.05, 3.63) is 92.7 Å². The van der Waals surface area contributed by atoms with E-state index in [1.165, 1.54) is 6.07 Å². The second kappa shape index (κ2) is 9.18. The number of nitrogens with one attached hydrogen (secondary N) is 2. The van der Waals surface area contributed by atoms with Gasteiger partial charge in [0.1, 0.15) is 11.6 Å². The number of amides is 1. The van der Waals surface area contributed by atoms with E-state index in [9.17, 15) is 14.0 Å². The molecule has 0 bridgehead atoms. The number of fused-ring (bicyclic) bond motifs is 1. The Morgan fingerprint density at radius 1 is 1.15 bits per heavy atom. The maximum absolute atomic E-state index is 14.6. The minimum Gasteiger partial charge on any atom is -0.364 e. The number of hydrogen-bond acceptors (Lipinski definition) is 6. The van der Waals surface area contributed by atoms with Crippen LogP contribution >= 0.6 is 11.6 Å². The van der Waals surface area contributed by atoms with Gasteiger partial charge in [-0.2, -0.15) is 5.10 Å². The summed E-state index contributed by atoms with van der Waals surface area (Å²) in [6, 6.07) is 15.0. The molecule has 1 atom stereocenters. The summed E-state index contributed by atoms with van der Waals surface area (Å²) < 4.78 is 14.6. The van der Waals surface area contributed by atoms with Gasteiger partial charge in [-0.25, -0.2) is 9.49 Å². The third-order valence-corrected chi connectivity index (χ3v) is 6.07. The Morgan fingerprint density at radius 3 is 2.76 bits per heavy atom. The molecule has 172 valence electrons. The number of rotatable bonds is 5. The number of halogens is 2. The molecule has 8 nitrogen and oxygen atoms in total. The summed E-state index contributed by atoms with van der Waals surface area (Å²) >= 11 is 5.77. The highest BCUT2D eigenvalue weighted by atomic mass is 35.5. The minimum absolute atomic E-state index is 0.0122. The Kier molecular flexibility index (Phi) is 5.93. The van der Waals surface area contributed by atoms with Gasteiger partial charge in [0.05, 0.1) is 16.6 Å². The number of likely N-dealkylation sites (tertiary alicyclic amines) is 1. The Balaban J connectivity index is 1.33. The molecule has 2 N–H and O–H groups in total. The Labute approximate surface area is 198 Å². The molecule has 0 spiro atoms. The van der Waals surface area contributed by atoms with Crippen molar-refractivity contribution in [1.82, 2.24) is 25.3 Å². The molecular formula is C24H20ClFN6O2. The van der Waals surface area contributed by atoms with E-state index in [4.69, 9.17) is 11.6 Å². The van der Waals surface area contributed by atoms with Gasteiger partial charge in [0.2, 0.25) is 0 Å². The highest BCUT2D eigenvalue weighted by molar-refractivity contribution is 6.29. The molecule has 10 heteroatoms. The summed E-state index contributed by atoms with van der Waals surface area (Å²) in [7, 11) is 0. The van der Waals surface area contributed by atoms with Crippen LogP contribution in [0.15, 0.2) is 59.4 Å². The zero-order valence-corrected chi connectivity index (χ0v) is 18.7. The molecule has 1 fully saturated rings. The fourth-order valence-corrected chi connectivity index (χ4v) is 4.28. The normalized spacial score (nSPS) is 15.6. The zero-order valence-electron chi connectivity index (χ0n) is 18.0. The van der Waals surface area contributed by atoms with Crippen LogP contribution in [0.5, 0.6) is 0 Å². The van der Waals surface area contributed by atoms with Crippen molar-refractivity contribution in [1.29, 1.82) is 0 Å². The molecule has 0 radical (unpaired) electrons. The summed E-state index contributed by atoms with van der Waals surface area (Å²) in [6.45, 7) is 0.909. The van der Waals surface area contributed by atoms with E-state index in [2.05, 4.69) is 25.7 Å². The topological polar surface area (TPSA) is 104 Å². The van der Waals surface area contributed by atoms with Gasteiger partial charge in [-0.3, -0.25) is 9.59 Å². The lowest BCUT2D eigenvalue weighted by atomic mass is 10.0. The van der Waals surface area contributed by atoms with Crippen molar-refractivity contribution >= 4 is 34.1 Å². The van der Waals surface area contributed by atoms with E-state index >= 15 is 0 Å². The lowest BCUT2D eigenvalue weighted by Gasteiger charge is -2.18. The number of carbonyl (C=O) groups excluding carboxylic acids is 1. The predicted molar refractivity (Wildman–Crippen MR) is 127 cm³/mol. The standard InChI is InChI=1S/C24H20ClFN6O2/c25-21-7-8-22(30-29-21)27-15-9-10-32(13-15)24(34)18-11-14(5-6-19(18)26)12-20-16-3-1-2-4-17(16)23(33)31-28-20/h1-8,11,15H,9-10,12-13H2,(H,27,30)(H,31,33)/t15-/m1/s1. The zero-order chi connectivity index (χ0) is 23.7. The minimum atomic E-state index is -0.576. The number of carbonyl (C=O) groups is 1. The number of hydrogen-bond donors (Lipinski definition) is 2. The number of anilines is 1. The Hall–Kier alpha value is -3.85. The van der Waals surface area contributed by atoms with E-state index < -0.39 is 5.82 Å². The lowest BCUT2D eigenvalue weighted by molar-refractivity contribution is 0.0787. The van der Waals surface area contributed by atoms with Crippen molar-refractivity contribution < 1.29 is 9.18 Å². The molecule has 1 aliphatic rings. The molecule has 4 aromatic rings. The van der Waals surface area contributed by atoms with Crippen LogP contribution in [0, 0.1) is 5.82 Å². The van der Waals surface area contributed by atoms with Crippen molar-refractivity contribution in [3.63, 3.8) is 0 Å². The van der Waals surface area contributed by atoms with Gasteiger partial charge < -0.3 is 10.2 Å². The second-order valence-corrected chi connectivity index (χ2v) is 8.55. The van der Waals surface area contributed by atoms with Gasteiger partial charge >= 0.3 is 0 Å². The molecular weight excluding hydrogens is 459 g/mol. The van der Waals surface area contributed by atoms with Crippen LogP contribution in [0.2, 0.25) is 5.15 Å². The average molecular weight is 479 g/mol. The average Bonchev–Trinajstić information content (AvgIpc) is 3.32. The van der Waals surface area contributed by atoms with Crippen LogP contribution in [-0.2, 0) is 6.42 Å². The van der Waals surface area contributed by atoms with Crippen LogP contribution in [0.3, 0.4) is 0 Å². The molecule has 3 heterocycles. The molecule has 0 saturated carbocycles. The third kappa shape index (κ3) is 4.47. The number of aromatic nitrogens is 4. The summed E-state index contributed by atoms with van der Waals surface area (Å²) in [5, 5.41) is 19.2.